The van der Waals surface area contributed by atoms with E-state index in [1.807, 2.05) is 0 Å². The van der Waals surface area contributed by atoms with Gasteiger partial charge in [-0.25, -0.2) is 13.8 Å². The molecule has 0 aromatic heterocycles. The normalized spacial score (nSPS) is 11.6. The van der Waals surface area contributed by atoms with Crippen LogP contribution in [0.5, 0.6) is 11.5 Å². The van der Waals surface area contributed by atoms with Crippen molar-refractivity contribution in [3.8, 4) is 11.5 Å². The van der Waals surface area contributed by atoms with Crippen molar-refractivity contribution in [3.63, 3.8) is 0 Å². The molecule has 2 rings (SSSR count). The summed E-state index contributed by atoms with van der Waals surface area (Å²) in [6.45, 7) is -0.384. The molecule has 2 aromatic rings. The van der Waals surface area contributed by atoms with Gasteiger partial charge < -0.3 is 9.47 Å². The van der Waals surface area contributed by atoms with E-state index in [1.54, 1.807) is 30.3 Å². The Kier molecular flexibility index (Phi) is 7.55. The maximum Gasteiger partial charge on any atom is 0.255 e. The molecular weight excluding hydrogens is 450 g/mol. The number of ether oxygens (including phenoxy) is 2. The molecule has 0 saturated carbocycles. The SMILES string of the molecule is COc1cccc(/C=N\NC(=O)CN(C)S(=O)(=O)c2ccc(Br)cc2)c1OC. The lowest BCUT2D eigenvalue weighted by Gasteiger charge is -2.16. The fourth-order valence-corrected chi connectivity index (χ4v) is 3.69. The van der Waals surface area contributed by atoms with Crippen molar-refractivity contribution in [2.45, 2.75) is 4.90 Å². The Bertz CT molecular complexity index is 962. The first kappa shape index (κ1) is 21.9. The van der Waals surface area contributed by atoms with Gasteiger partial charge in [0.25, 0.3) is 5.91 Å². The number of nitrogens with zero attached hydrogens (tertiary/aromatic N) is 2. The molecule has 0 aliphatic carbocycles. The predicted octanol–water partition coefficient (Wildman–Crippen LogP) is 2.24. The van der Waals surface area contributed by atoms with Crippen molar-refractivity contribution in [2.24, 2.45) is 5.10 Å². The number of methoxy groups -OCH3 is 2. The lowest BCUT2D eigenvalue weighted by molar-refractivity contribution is -0.121. The number of rotatable bonds is 8. The number of hydrazone groups is 1. The summed E-state index contributed by atoms with van der Waals surface area (Å²) >= 11 is 3.25. The van der Waals surface area contributed by atoms with Crippen LogP contribution < -0.4 is 14.9 Å². The monoisotopic (exact) mass is 469 g/mol. The van der Waals surface area contributed by atoms with Crippen LogP contribution in [-0.4, -0.2) is 52.7 Å². The lowest BCUT2D eigenvalue weighted by Crippen LogP contribution is -2.36. The number of sulfonamides is 1. The number of carbonyl (C=O) groups is 1. The van der Waals surface area contributed by atoms with Crippen LogP contribution >= 0.6 is 15.9 Å². The first-order valence-electron chi connectivity index (χ1n) is 8.04. The minimum absolute atomic E-state index is 0.0932. The standard InChI is InChI=1S/C18H20BrN3O5S/c1-22(28(24,25)15-9-7-14(19)8-10-15)12-17(23)21-20-11-13-5-4-6-16(26-2)18(13)27-3/h4-11H,12H2,1-3H3,(H,21,23)/b20-11-. The first-order valence-corrected chi connectivity index (χ1v) is 10.3. The summed E-state index contributed by atoms with van der Waals surface area (Å²) in [7, 11) is 0.553. The minimum Gasteiger partial charge on any atom is -0.493 e. The molecule has 0 spiro atoms. The van der Waals surface area contributed by atoms with Crippen LogP contribution in [0.1, 0.15) is 5.56 Å². The smallest absolute Gasteiger partial charge is 0.255 e. The van der Waals surface area contributed by atoms with Gasteiger partial charge in [-0.05, 0) is 36.4 Å². The molecule has 1 amide bonds. The molecule has 0 atom stereocenters. The molecule has 0 saturated heterocycles. The van der Waals surface area contributed by atoms with Crippen molar-refractivity contribution >= 4 is 38.1 Å². The molecular formula is C18H20BrN3O5S. The van der Waals surface area contributed by atoms with E-state index < -0.39 is 15.9 Å². The molecule has 0 heterocycles. The molecule has 1 N–H and O–H groups in total. The highest BCUT2D eigenvalue weighted by Gasteiger charge is 2.22. The third-order valence-corrected chi connectivity index (χ3v) is 6.06. The summed E-state index contributed by atoms with van der Waals surface area (Å²) in [5.41, 5.74) is 2.90. The molecule has 0 fully saturated rings. The highest BCUT2D eigenvalue weighted by molar-refractivity contribution is 9.10. The van der Waals surface area contributed by atoms with Crippen LogP contribution in [0.4, 0.5) is 0 Å². The maximum absolute atomic E-state index is 12.5. The van der Waals surface area contributed by atoms with Crippen LogP contribution in [0, 0.1) is 0 Å². The van der Waals surface area contributed by atoms with E-state index in [-0.39, 0.29) is 11.4 Å². The highest BCUT2D eigenvalue weighted by atomic mass is 79.9. The van der Waals surface area contributed by atoms with Gasteiger partial charge in [-0.1, -0.05) is 22.0 Å². The van der Waals surface area contributed by atoms with Gasteiger partial charge in [0.1, 0.15) is 0 Å². The van der Waals surface area contributed by atoms with Gasteiger partial charge in [0.05, 0.1) is 31.9 Å². The van der Waals surface area contributed by atoms with Crippen LogP contribution in [0.2, 0.25) is 0 Å². The molecule has 8 nitrogen and oxygen atoms in total. The summed E-state index contributed by atoms with van der Waals surface area (Å²) in [5, 5.41) is 3.86. The van der Waals surface area contributed by atoms with Crippen molar-refractivity contribution in [1.82, 2.24) is 9.73 Å². The van der Waals surface area contributed by atoms with Crippen molar-refractivity contribution in [1.29, 1.82) is 0 Å². The second kappa shape index (κ2) is 9.67. The van der Waals surface area contributed by atoms with Gasteiger partial charge in [-0.15, -0.1) is 0 Å². The molecule has 10 heteroatoms. The zero-order valence-corrected chi connectivity index (χ0v) is 18.0. The summed E-state index contributed by atoms with van der Waals surface area (Å²) in [4.78, 5) is 12.2. The fourth-order valence-electron chi connectivity index (χ4n) is 2.30. The molecule has 150 valence electrons. The predicted molar refractivity (Wildman–Crippen MR) is 109 cm³/mol. The van der Waals surface area contributed by atoms with Gasteiger partial charge >= 0.3 is 0 Å². The zero-order chi connectivity index (χ0) is 20.7. The third-order valence-electron chi connectivity index (χ3n) is 3.71. The second-order valence-electron chi connectivity index (χ2n) is 5.59. The van der Waals surface area contributed by atoms with E-state index in [4.69, 9.17) is 9.47 Å². The van der Waals surface area contributed by atoms with Gasteiger partial charge in [0, 0.05) is 17.1 Å². The number of carbonyl (C=O) groups excluding carboxylic acids is 1. The number of amides is 1. The molecule has 2 aromatic carbocycles. The zero-order valence-electron chi connectivity index (χ0n) is 15.5. The number of benzene rings is 2. The minimum atomic E-state index is -3.78. The van der Waals surface area contributed by atoms with Gasteiger partial charge in [-0.3, -0.25) is 4.79 Å². The average Bonchev–Trinajstić information content (AvgIpc) is 2.67. The maximum atomic E-state index is 12.5. The average molecular weight is 470 g/mol. The van der Waals surface area contributed by atoms with E-state index in [9.17, 15) is 13.2 Å². The number of hydrogen-bond donors (Lipinski definition) is 1. The van der Waals surface area contributed by atoms with Crippen molar-refractivity contribution in [2.75, 3.05) is 27.8 Å². The van der Waals surface area contributed by atoms with E-state index in [0.29, 0.717) is 17.1 Å². The molecule has 0 aliphatic heterocycles. The number of hydrogen-bond acceptors (Lipinski definition) is 6. The largest absolute Gasteiger partial charge is 0.493 e. The van der Waals surface area contributed by atoms with Gasteiger partial charge in [-0.2, -0.15) is 9.41 Å². The summed E-state index contributed by atoms with van der Waals surface area (Å²) < 4.78 is 37.2. The van der Waals surface area contributed by atoms with Crippen LogP contribution in [0.15, 0.2) is 56.9 Å². The summed E-state index contributed by atoms with van der Waals surface area (Å²) in [6.07, 6.45) is 1.39. The Hall–Kier alpha value is -2.43. The Morgan fingerprint density at radius 3 is 2.46 bits per heavy atom. The van der Waals surface area contributed by atoms with E-state index in [1.165, 1.54) is 39.6 Å². The fraction of sp³-hybridized carbons (Fsp3) is 0.222. The van der Waals surface area contributed by atoms with Crippen molar-refractivity contribution < 1.29 is 22.7 Å². The molecule has 28 heavy (non-hydrogen) atoms. The second-order valence-corrected chi connectivity index (χ2v) is 8.55. The number of halogens is 1. The Morgan fingerprint density at radius 1 is 1.18 bits per heavy atom. The van der Waals surface area contributed by atoms with Crippen LogP contribution in [0.25, 0.3) is 0 Å². The van der Waals surface area contributed by atoms with E-state index in [2.05, 4.69) is 26.5 Å². The summed E-state index contributed by atoms with van der Waals surface area (Å²) in [6, 6.07) is 11.4. The van der Waals surface area contributed by atoms with E-state index >= 15 is 0 Å². The molecule has 0 radical (unpaired) electrons. The first-order chi connectivity index (χ1) is 13.3. The number of para-hydroxylation sites is 1. The lowest BCUT2D eigenvalue weighted by atomic mass is 10.2. The number of likely N-dealkylation sites (N-methyl/N-ethyl adjacent to an activating group) is 1. The molecule has 0 unspecified atom stereocenters. The van der Waals surface area contributed by atoms with Gasteiger partial charge in [0.2, 0.25) is 10.0 Å². The van der Waals surface area contributed by atoms with Crippen LogP contribution in [-0.2, 0) is 14.8 Å². The highest BCUT2D eigenvalue weighted by Crippen LogP contribution is 2.29. The quantitative estimate of drug-likeness (QED) is 0.472. The molecule has 0 bridgehead atoms. The van der Waals surface area contributed by atoms with Crippen molar-refractivity contribution in [3.05, 3.63) is 52.5 Å². The Balaban J connectivity index is 2.02. The van der Waals surface area contributed by atoms with Crippen LogP contribution in [0.3, 0.4) is 0 Å². The Morgan fingerprint density at radius 2 is 1.86 bits per heavy atom. The topological polar surface area (TPSA) is 97.3 Å². The Labute approximate surface area is 172 Å². The number of nitrogens with one attached hydrogen (secondary N) is 1. The summed E-state index contributed by atoms with van der Waals surface area (Å²) in [5.74, 6) is 0.414. The van der Waals surface area contributed by atoms with Gasteiger partial charge in [0.15, 0.2) is 11.5 Å². The third kappa shape index (κ3) is 5.31. The van der Waals surface area contributed by atoms with E-state index in [0.717, 1.165) is 8.78 Å². The molecule has 0 aliphatic rings.